The molecule has 0 aliphatic rings. The molecule has 0 spiro atoms. The van der Waals surface area contributed by atoms with Crippen molar-refractivity contribution in [1.82, 2.24) is 9.62 Å². The van der Waals surface area contributed by atoms with E-state index >= 15 is 0 Å². The van der Waals surface area contributed by atoms with Crippen LogP contribution in [0.5, 0.6) is 0 Å². The molecule has 1 aromatic carbocycles. The molecule has 1 aromatic rings. The number of nitrogens with zero attached hydrogens (tertiary/aromatic N) is 1. The van der Waals surface area contributed by atoms with Crippen molar-refractivity contribution in [2.75, 3.05) is 14.1 Å². The number of amides is 1. The third-order valence-electron chi connectivity index (χ3n) is 4.34. The lowest BCUT2D eigenvalue weighted by atomic mass is 9.82. The maximum absolute atomic E-state index is 12.8. The second-order valence-corrected chi connectivity index (χ2v) is 10.9. The van der Waals surface area contributed by atoms with Gasteiger partial charge in [-0.15, -0.1) is 0 Å². The second kappa shape index (κ2) is 8.72. The molecular weight excluding hydrogens is 372 g/mol. The predicted octanol–water partition coefficient (Wildman–Crippen LogP) is 4.17. The number of carbonyl (C=O) groups excluding carboxylic acids is 1. The summed E-state index contributed by atoms with van der Waals surface area (Å²) in [5.41, 5.74) is 0.0537. The van der Waals surface area contributed by atoms with E-state index in [2.05, 4.69) is 39.9 Å². The van der Waals surface area contributed by atoms with Crippen LogP contribution in [0.1, 0.15) is 57.8 Å². The first-order chi connectivity index (χ1) is 11.8. The van der Waals surface area contributed by atoms with Crippen molar-refractivity contribution < 1.29 is 13.2 Å². The van der Waals surface area contributed by atoms with Crippen molar-refractivity contribution in [2.45, 2.75) is 58.4 Å². The highest BCUT2D eigenvalue weighted by molar-refractivity contribution is 7.89. The molecule has 1 N–H and O–H groups in total. The van der Waals surface area contributed by atoms with Crippen LogP contribution in [-0.2, 0) is 10.0 Å². The van der Waals surface area contributed by atoms with Gasteiger partial charge < -0.3 is 5.32 Å². The molecule has 0 radical (unpaired) electrons. The zero-order valence-electron chi connectivity index (χ0n) is 16.8. The smallest absolute Gasteiger partial charge is 0.253 e. The van der Waals surface area contributed by atoms with E-state index in [1.807, 2.05) is 0 Å². The van der Waals surface area contributed by atoms with E-state index in [1.54, 1.807) is 0 Å². The second-order valence-electron chi connectivity index (χ2n) is 8.29. The standard InChI is InChI=1S/C19H31ClN2O3S/c1-13(2)8-11-17(19(3,4)5)21-18(23)15-12-14(9-10-16(15)20)26(24,25)22(6)7/h9-10,12-13,17H,8,11H2,1-7H3,(H,21,23). The lowest BCUT2D eigenvalue weighted by Gasteiger charge is -2.32. The van der Waals surface area contributed by atoms with E-state index < -0.39 is 10.0 Å². The molecular formula is C19H31ClN2O3S. The number of benzene rings is 1. The summed E-state index contributed by atoms with van der Waals surface area (Å²) in [6, 6.07) is 4.17. The largest absolute Gasteiger partial charge is 0.349 e. The fourth-order valence-corrected chi connectivity index (χ4v) is 3.64. The van der Waals surface area contributed by atoms with E-state index in [1.165, 1.54) is 32.3 Å². The van der Waals surface area contributed by atoms with Crippen LogP contribution in [0, 0.1) is 11.3 Å². The zero-order valence-corrected chi connectivity index (χ0v) is 18.3. The van der Waals surface area contributed by atoms with E-state index in [-0.39, 0.29) is 32.8 Å². The number of hydrogen-bond acceptors (Lipinski definition) is 3. The van der Waals surface area contributed by atoms with Gasteiger partial charge in [0.1, 0.15) is 0 Å². The maximum atomic E-state index is 12.8. The molecule has 7 heteroatoms. The molecule has 148 valence electrons. The lowest BCUT2D eigenvalue weighted by Crippen LogP contribution is -2.44. The van der Waals surface area contributed by atoms with Gasteiger partial charge in [0.25, 0.3) is 5.91 Å². The molecule has 0 saturated heterocycles. The van der Waals surface area contributed by atoms with Crippen LogP contribution in [-0.4, -0.2) is 38.8 Å². The number of carbonyl (C=O) groups is 1. The molecule has 1 rings (SSSR count). The first-order valence-electron chi connectivity index (χ1n) is 8.79. The van der Waals surface area contributed by atoms with Gasteiger partial charge in [0.15, 0.2) is 0 Å². The Kier molecular flexibility index (Phi) is 7.69. The molecule has 1 atom stereocenters. The topological polar surface area (TPSA) is 66.5 Å². The lowest BCUT2D eigenvalue weighted by molar-refractivity contribution is 0.0894. The monoisotopic (exact) mass is 402 g/mol. The third-order valence-corrected chi connectivity index (χ3v) is 6.49. The molecule has 1 unspecified atom stereocenters. The molecule has 5 nitrogen and oxygen atoms in total. The van der Waals surface area contributed by atoms with Crippen molar-refractivity contribution in [3.8, 4) is 0 Å². The Morgan fingerprint density at radius 2 is 1.77 bits per heavy atom. The average Bonchev–Trinajstić information content (AvgIpc) is 2.49. The number of rotatable bonds is 7. The highest BCUT2D eigenvalue weighted by atomic mass is 35.5. The van der Waals surface area contributed by atoms with Gasteiger partial charge in [0, 0.05) is 20.1 Å². The molecule has 1 amide bonds. The van der Waals surface area contributed by atoms with Crippen LogP contribution in [0.25, 0.3) is 0 Å². The summed E-state index contributed by atoms with van der Waals surface area (Å²) in [5, 5.41) is 3.28. The quantitative estimate of drug-likeness (QED) is 0.744. The van der Waals surface area contributed by atoms with Gasteiger partial charge in [-0.3, -0.25) is 4.79 Å². The first kappa shape index (κ1) is 22.9. The van der Waals surface area contributed by atoms with Gasteiger partial charge >= 0.3 is 0 Å². The Morgan fingerprint density at radius 3 is 2.23 bits per heavy atom. The van der Waals surface area contributed by atoms with Crippen molar-refractivity contribution in [3.63, 3.8) is 0 Å². The van der Waals surface area contributed by atoms with Crippen LogP contribution in [0.15, 0.2) is 23.1 Å². The van der Waals surface area contributed by atoms with Crippen LogP contribution >= 0.6 is 11.6 Å². The van der Waals surface area contributed by atoms with Gasteiger partial charge in [-0.05, 0) is 42.4 Å². The average molecular weight is 403 g/mol. The summed E-state index contributed by atoms with van der Waals surface area (Å²) < 4.78 is 25.8. The molecule has 0 aliphatic carbocycles. The van der Waals surface area contributed by atoms with Crippen molar-refractivity contribution in [3.05, 3.63) is 28.8 Å². The Balaban J connectivity index is 3.15. The molecule has 0 heterocycles. The molecule has 0 aliphatic heterocycles. The fourth-order valence-electron chi connectivity index (χ4n) is 2.51. The summed E-state index contributed by atoms with van der Waals surface area (Å²) >= 11 is 6.18. The van der Waals surface area contributed by atoms with Gasteiger partial charge in [0.05, 0.1) is 15.5 Å². The van der Waals surface area contributed by atoms with Crippen LogP contribution in [0.3, 0.4) is 0 Å². The molecule has 26 heavy (non-hydrogen) atoms. The summed E-state index contributed by atoms with van der Waals surface area (Å²) in [5.74, 6) is 0.184. The Morgan fingerprint density at radius 1 is 1.19 bits per heavy atom. The molecule has 0 saturated carbocycles. The maximum Gasteiger partial charge on any atom is 0.253 e. The highest BCUT2D eigenvalue weighted by Gasteiger charge is 2.28. The number of hydrogen-bond donors (Lipinski definition) is 1. The Bertz CT molecular complexity index is 738. The molecule has 0 fully saturated rings. The van der Waals surface area contributed by atoms with Crippen molar-refractivity contribution in [2.24, 2.45) is 11.3 Å². The Labute approximate surface area is 163 Å². The normalized spacial score (nSPS) is 13.9. The van der Waals surface area contributed by atoms with Gasteiger partial charge in [-0.25, -0.2) is 12.7 Å². The number of nitrogens with one attached hydrogen (secondary N) is 1. The zero-order chi connectivity index (χ0) is 20.3. The minimum Gasteiger partial charge on any atom is -0.349 e. The summed E-state index contributed by atoms with van der Waals surface area (Å²) in [6.07, 6.45) is 1.84. The minimum absolute atomic E-state index is 0.0393. The minimum atomic E-state index is -3.63. The Hall–Kier alpha value is -1.11. The van der Waals surface area contributed by atoms with Gasteiger partial charge in [-0.2, -0.15) is 0 Å². The fraction of sp³-hybridized carbons (Fsp3) is 0.632. The summed E-state index contributed by atoms with van der Waals surface area (Å²) in [4.78, 5) is 12.9. The van der Waals surface area contributed by atoms with E-state index in [4.69, 9.17) is 11.6 Å². The van der Waals surface area contributed by atoms with Crippen molar-refractivity contribution >= 4 is 27.5 Å². The van der Waals surface area contributed by atoms with E-state index in [0.717, 1.165) is 17.1 Å². The highest BCUT2D eigenvalue weighted by Crippen LogP contribution is 2.27. The summed E-state index contributed by atoms with van der Waals surface area (Å²) in [7, 11) is -0.734. The third kappa shape index (κ3) is 5.96. The van der Waals surface area contributed by atoms with Crippen LogP contribution in [0.2, 0.25) is 5.02 Å². The van der Waals surface area contributed by atoms with Crippen molar-refractivity contribution in [1.29, 1.82) is 0 Å². The molecule has 0 bridgehead atoms. The van der Waals surface area contributed by atoms with Gasteiger partial charge in [0.2, 0.25) is 10.0 Å². The summed E-state index contributed by atoms with van der Waals surface area (Å²) in [6.45, 7) is 10.5. The van der Waals surface area contributed by atoms with Crippen LogP contribution in [0.4, 0.5) is 0 Å². The van der Waals surface area contributed by atoms with Crippen LogP contribution < -0.4 is 5.32 Å². The first-order valence-corrected chi connectivity index (χ1v) is 10.6. The van der Waals surface area contributed by atoms with E-state index in [0.29, 0.717) is 5.92 Å². The van der Waals surface area contributed by atoms with E-state index in [9.17, 15) is 13.2 Å². The number of halogens is 1. The molecule has 0 aromatic heterocycles. The number of sulfonamides is 1. The SMILES string of the molecule is CC(C)CCC(NC(=O)c1cc(S(=O)(=O)N(C)C)ccc1Cl)C(C)(C)C. The predicted molar refractivity (Wildman–Crippen MR) is 107 cm³/mol. The van der Waals surface area contributed by atoms with Gasteiger partial charge in [-0.1, -0.05) is 46.2 Å².